The molecule has 34 heavy (non-hydrogen) atoms. The highest BCUT2D eigenvalue weighted by atomic mass is 16.1. The van der Waals surface area contributed by atoms with Gasteiger partial charge in [-0.05, 0) is 78.5 Å². The zero-order valence-electron chi connectivity index (χ0n) is 22.9. The van der Waals surface area contributed by atoms with Gasteiger partial charge in [-0.15, -0.1) is 0 Å². The highest BCUT2D eigenvalue weighted by Crippen LogP contribution is 2.38. The molecule has 0 radical (unpaired) electrons. The number of hydrogen-bond acceptors (Lipinski definition) is 1. The molecule has 2 aromatic rings. The van der Waals surface area contributed by atoms with Crippen molar-refractivity contribution in [2.24, 2.45) is 5.92 Å². The van der Waals surface area contributed by atoms with E-state index in [-0.39, 0.29) is 0 Å². The number of hydrogen-bond donors (Lipinski definition) is 0. The Balaban J connectivity index is 0.00000199. The van der Waals surface area contributed by atoms with Gasteiger partial charge in [0, 0.05) is 12.0 Å². The van der Waals surface area contributed by atoms with Gasteiger partial charge in [-0.25, -0.2) is 0 Å². The molecule has 3 rings (SSSR count). The van der Waals surface area contributed by atoms with Crippen molar-refractivity contribution in [3.05, 3.63) is 64.7 Å². The number of allylic oxidation sites excluding steroid dienone is 1. The van der Waals surface area contributed by atoms with Gasteiger partial charge >= 0.3 is 0 Å². The first-order chi connectivity index (χ1) is 16.5. The van der Waals surface area contributed by atoms with Crippen molar-refractivity contribution < 1.29 is 4.79 Å². The SMILES string of the molecule is C=C(C)c1ccc(C)c(-c2c(CCCCCCCC(CC)CC)ccc3c2CCC3=O)c1.CC. The number of carbonyl (C=O) groups is 1. The number of rotatable bonds is 12. The van der Waals surface area contributed by atoms with Crippen LogP contribution in [0.3, 0.4) is 0 Å². The smallest absolute Gasteiger partial charge is 0.163 e. The molecule has 0 saturated carbocycles. The van der Waals surface area contributed by atoms with E-state index in [4.69, 9.17) is 0 Å². The molecule has 0 N–H and O–H groups in total. The van der Waals surface area contributed by atoms with Gasteiger partial charge in [0.1, 0.15) is 0 Å². The second kappa shape index (κ2) is 14.3. The van der Waals surface area contributed by atoms with Crippen LogP contribution in [0.4, 0.5) is 0 Å². The van der Waals surface area contributed by atoms with Crippen LogP contribution in [0.15, 0.2) is 36.9 Å². The van der Waals surface area contributed by atoms with Gasteiger partial charge in [-0.1, -0.05) is 109 Å². The lowest BCUT2D eigenvalue weighted by Crippen LogP contribution is -2.00. The van der Waals surface area contributed by atoms with Gasteiger partial charge in [0.25, 0.3) is 0 Å². The van der Waals surface area contributed by atoms with Crippen LogP contribution in [0, 0.1) is 12.8 Å². The van der Waals surface area contributed by atoms with E-state index in [0.29, 0.717) is 12.2 Å². The second-order valence-corrected chi connectivity index (χ2v) is 9.85. The summed E-state index contributed by atoms with van der Waals surface area (Å²) in [5.41, 5.74) is 9.83. The van der Waals surface area contributed by atoms with Crippen LogP contribution in [-0.4, -0.2) is 5.78 Å². The molecule has 0 unspecified atom stereocenters. The quantitative estimate of drug-likeness (QED) is 0.288. The number of Topliss-reactive ketones (excluding diaryl/α,β-unsaturated/α-hetero) is 1. The van der Waals surface area contributed by atoms with E-state index in [0.717, 1.165) is 29.9 Å². The van der Waals surface area contributed by atoms with Crippen LogP contribution in [0.5, 0.6) is 0 Å². The molecule has 0 fully saturated rings. The Kier molecular flexibility index (Phi) is 11.8. The van der Waals surface area contributed by atoms with Crippen LogP contribution in [0.1, 0.15) is 125 Å². The maximum atomic E-state index is 12.5. The van der Waals surface area contributed by atoms with Gasteiger partial charge in [0.05, 0.1) is 0 Å². The molecule has 1 nitrogen and oxygen atoms in total. The van der Waals surface area contributed by atoms with E-state index in [1.54, 1.807) is 0 Å². The van der Waals surface area contributed by atoms with E-state index in [1.807, 2.05) is 13.8 Å². The monoisotopic (exact) mass is 460 g/mol. The van der Waals surface area contributed by atoms with Gasteiger partial charge in [-0.2, -0.15) is 0 Å². The molecular formula is C33H48O. The van der Waals surface area contributed by atoms with Crippen LogP contribution in [0.2, 0.25) is 0 Å². The van der Waals surface area contributed by atoms with E-state index < -0.39 is 0 Å². The third-order valence-electron chi connectivity index (χ3n) is 7.51. The van der Waals surface area contributed by atoms with Gasteiger partial charge in [0.15, 0.2) is 5.78 Å². The molecule has 0 amide bonds. The molecular weight excluding hydrogens is 412 g/mol. The zero-order valence-corrected chi connectivity index (χ0v) is 22.9. The maximum absolute atomic E-state index is 12.5. The fourth-order valence-electron chi connectivity index (χ4n) is 5.27. The Bertz CT molecular complexity index is 945. The van der Waals surface area contributed by atoms with Crippen LogP contribution in [-0.2, 0) is 12.8 Å². The third kappa shape index (κ3) is 7.17. The highest BCUT2D eigenvalue weighted by Gasteiger charge is 2.25. The summed E-state index contributed by atoms with van der Waals surface area (Å²) >= 11 is 0. The van der Waals surface area contributed by atoms with Crippen molar-refractivity contribution in [1.29, 1.82) is 0 Å². The molecule has 2 aromatic carbocycles. The zero-order chi connectivity index (χ0) is 25.1. The maximum Gasteiger partial charge on any atom is 0.163 e. The molecule has 0 spiro atoms. The van der Waals surface area contributed by atoms with Crippen LogP contribution >= 0.6 is 0 Å². The van der Waals surface area contributed by atoms with E-state index in [2.05, 4.69) is 64.6 Å². The molecule has 1 heteroatoms. The fourth-order valence-corrected chi connectivity index (χ4v) is 5.27. The highest BCUT2D eigenvalue weighted by molar-refractivity contribution is 6.03. The Morgan fingerprint density at radius 3 is 2.26 bits per heavy atom. The Labute approximate surface area is 210 Å². The van der Waals surface area contributed by atoms with Crippen molar-refractivity contribution in [2.75, 3.05) is 0 Å². The van der Waals surface area contributed by atoms with E-state index in [1.165, 1.54) is 84.7 Å². The molecule has 0 heterocycles. The second-order valence-electron chi connectivity index (χ2n) is 9.85. The van der Waals surface area contributed by atoms with Crippen molar-refractivity contribution in [2.45, 2.75) is 112 Å². The number of benzene rings is 2. The molecule has 186 valence electrons. The summed E-state index contributed by atoms with van der Waals surface area (Å²) in [4.78, 5) is 12.5. The summed E-state index contributed by atoms with van der Waals surface area (Å²) < 4.78 is 0. The molecule has 0 aliphatic heterocycles. The van der Waals surface area contributed by atoms with E-state index >= 15 is 0 Å². The predicted octanol–water partition coefficient (Wildman–Crippen LogP) is 10.2. The Morgan fingerprint density at radius 2 is 1.59 bits per heavy atom. The van der Waals surface area contributed by atoms with Crippen molar-refractivity contribution in [3.8, 4) is 11.1 Å². The molecule has 0 bridgehead atoms. The van der Waals surface area contributed by atoms with Crippen LogP contribution < -0.4 is 0 Å². The molecule has 1 aliphatic rings. The average Bonchev–Trinajstić information content (AvgIpc) is 3.23. The minimum Gasteiger partial charge on any atom is -0.294 e. The Hall–Kier alpha value is -2.15. The van der Waals surface area contributed by atoms with Gasteiger partial charge in [-0.3, -0.25) is 4.79 Å². The summed E-state index contributed by atoms with van der Waals surface area (Å²) in [6.45, 7) is 17.1. The summed E-state index contributed by atoms with van der Waals surface area (Å²) in [7, 11) is 0. The lowest BCUT2D eigenvalue weighted by Gasteiger charge is -2.18. The van der Waals surface area contributed by atoms with Crippen LogP contribution in [0.25, 0.3) is 16.7 Å². The van der Waals surface area contributed by atoms with Gasteiger partial charge in [0.2, 0.25) is 0 Å². The summed E-state index contributed by atoms with van der Waals surface area (Å²) in [6, 6.07) is 11.0. The molecule has 0 atom stereocenters. The third-order valence-corrected chi connectivity index (χ3v) is 7.51. The number of fused-ring (bicyclic) bond motifs is 1. The normalized spacial score (nSPS) is 12.5. The number of ketones is 1. The number of aryl methyl sites for hydroxylation is 2. The summed E-state index contributed by atoms with van der Waals surface area (Å²) in [5, 5.41) is 0. The molecule has 0 aromatic heterocycles. The first-order valence-electron chi connectivity index (χ1n) is 13.9. The lowest BCUT2D eigenvalue weighted by atomic mass is 9.86. The predicted molar refractivity (Wildman–Crippen MR) is 151 cm³/mol. The first kappa shape index (κ1) is 28.1. The summed E-state index contributed by atoms with van der Waals surface area (Å²) in [5.74, 6) is 1.23. The number of unbranched alkanes of at least 4 members (excludes halogenated alkanes) is 4. The van der Waals surface area contributed by atoms with Crippen molar-refractivity contribution >= 4 is 11.4 Å². The largest absolute Gasteiger partial charge is 0.294 e. The molecule has 1 aliphatic carbocycles. The minimum absolute atomic E-state index is 0.305. The lowest BCUT2D eigenvalue weighted by molar-refractivity contribution is 0.0994. The average molecular weight is 461 g/mol. The molecule has 0 saturated heterocycles. The number of carbonyl (C=O) groups excluding carboxylic acids is 1. The van der Waals surface area contributed by atoms with Crippen molar-refractivity contribution in [1.82, 2.24) is 0 Å². The van der Waals surface area contributed by atoms with Crippen molar-refractivity contribution in [3.63, 3.8) is 0 Å². The fraction of sp³-hybridized carbons (Fsp3) is 0.545. The standard InChI is InChI=1S/C31H42O.C2H6/c1-6-24(7-2)13-11-9-8-10-12-14-25-17-18-27-28(19-20-30(27)32)31(25)29-21-26(22(3)4)16-15-23(29)5;1-2/h15-18,21,24H,3,6-14,19-20H2,1-2,4-5H3;1-2H3. The minimum atomic E-state index is 0.305. The Morgan fingerprint density at radius 1 is 0.912 bits per heavy atom. The summed E-state index contributed by atoms with van der Waals surface area (Å²) in [6.07, 6.45) is 13.3. The van der Waals surface area contributed by atoms with Gasteiger partial charge < -0.3 is 0 Å². The first-order valence-corrected chi connectivity index (χ1v) is 13.9. The topological polar surface area (TPSA) is 17.1 Å². The van der Waals surface area contributed by atoms with E-state index in [9.17, 15) is 4.79 Å².